The average Bonchev–Trinajstić information content (AvgIpc) is 3.09. The van der Waals surface area contributed by atoms with Crippen molar-refractivity contribution >= 4 is 23.2 Å². The maximum absolute atomic E-state index is 12.7. The molecule has 6 nitrogen and oxygen atoms in total. The summed E-state index contributed by atoms with van der Waals surface area (Å²) in [7, 11) is 0. The van der Waals surface area contributed by atoms with E-state index in [0.29, 0.717) is 43.0 Å². The standard InChI is InChI=1S/C19H20N2O4S/c1-12-2-3-14(11-20-12)17(22)21-7-5-19(6-8-21)16-13(4-9-25-19)10-15(26-16)18(23)24/h2-3,10-11H,4-9H2,1H3,(H,23,24). The summed E-state index contributed by atoms with van der Waals surface area (Å²) in [5.74, 6) is -0.903. The smallest absolute Gasteiger partial charge is 0.345 e. The summed E-state index contributed by atoms with van der Waals surface area (Å²) in [5.41, 5.74) is 2.12. The number of amides is 1. The molecule has 0 aliphatic carbocycles. The summed E-state index contributed by atoms with van der Waals surface area (Å²) in [6.45, 7) is 3.67. The van der Waals surface area contributed by atoms with Crippen LogP contribution in [0, 0.1) is 6.92 Å². The molecule has 2 aromatic rings. The molecule has 0 radical (unpaired) electrons. The third kappa shape index (κ3) is 2.91. The molecule has 26 heavy (non-hydrogen) atoms. The summed E-state index contributed by atoms with van der Waals surface area (Å²) in [4.78, 5) is 31.4. The van der Waals surface area contributed by atoms with Gasteiger partial charge in [0.2, 0.25) is 0 Å². The van der Waals surface area contributed by atoms with Crippen LogP contribution < -0.4 is 0 Å². The van der Waals surface area contributed by atoms with E-state index in [1.54, 1.807) is 12.3 Å². The molecule has 0 aromatic carbocycles. The highest BCUT2D eigenvalue weighted by molar-refractivity contribution is 7.14. The highest BCUT2D eigenvalue weighted by atomic mass is 32.1. The van der Waals surface area contributed by atoms with Gasteiger partial charge in [-0.25, -0.2) is 4.79 Å². The molecule has 4 heterocycles. The molecule has 2 aromatic heterocycles. The van der Waals surface area contributed by atoms with Gasteiger partial charge in [0.25, 0.3) is 5.91 Å². The molecular weight excluding hydrogens is 352 g/mol. The van der Waals surface area contributed by atoms with Gasteiger partial charge in [-0.2, -0.15) is 0 Å². The Labute approximate surface area is 155 Å². The molecule has 0 saturated carbocycles. The van der Waals surface area contributed by atoms with Crippen molar-refractivity contribution in [3.05, 3.63) is 51.0 Å². The van der Waals surface area contributed by atoms with E-state index in [2.05, 4.69) is 4.98 Å². The van der Waals surface area contributed by atoms with Gasteiger partial charge in [-0.05, 0) is 49.9 Å². The topological polar surface area (TPSA) is 79.7 Å². The molecule has 0 bridgehead atoms. The summed E-state index contributed by atoms with van der Waals surface area (Å²) in [6, 6.07) is 5.43. The van der Waals surface area contributed by atoms with Crippen LogP contribution in [0.15, 0.2) is 24.4 Å². The largest absolute Gasteiger partial charge is 0.477 e. The number of thiophene rings is 1. The van der Waals surface area contributed by atoms with E-state index < -0.39 is 11.6 Å². The number of pyridine rings is 1. The number of carboxylic acids is 1. The minimum absolute atomic E-state index is 0.0132. The fourth-order valence-corrected chi connectivity index (χ4v) is 5.00. The van der Waals surface area contributed by atoms with E-state index in [1.807, 2.05) is 24.0 Å². The number of likely N-dealkylation sites (tertiary alicyclic amines) is 1. The number of aryl methyl sites for hydroxylation is 1. The zero-order valence-corrected chi connectivity index (χ0v) is 15.3. The molecule has 1 N–H and O–H groups in total. The second kappa shape index (κ2) is 6.48. The van der Waals surface area contributed by atoms with E-state index in [4.69, 9.17) is 4.74 Å². The van der Waals surface area contributed by atoms with Gasteiger partial charge < -0.3 is 14.7 Å². The number of aromatic nitrogens is 1. The summed E-state index contributed by atoms with van der Waals surface area (Å²) >= 11 is 1.32. The van der Waals surface area contributed by atoms with Crippen LogP contribution in [0.5, 0.6) is 0 Å². The fraction of sp³-hybridized carbons (Fsp3) is 0.421. The van der Waals surface area contributed by atoms with Crippen LogP contribution in [0.2, 0.25) is 0 Å². The minimum Gasteiger partial charge on any atom is -0.477 e. The predicted octanol–water partition coefficient (Wildman–Crippen LogP) is 2.85. The van der Waals surface area contributed by atoms with Crippen LogP contribution in [0.1, 0.15) is 49.0 Å². The van der Waals surface area contributed by atoms with Gasteiger partial charge >= 0.3 is 5.97 Å². The maximum Gasteiger partial charge on any atom is 0.345 e. The Morgan fingerprint density at radius 1 is 1.31 bits per heavy atom. The first-order valence-corrected chi connectivity index (χ1v) is 9.52. The zero-order valence-electron chi connectivity index (χ0n) is 14.5. The Kier molecular flexibility index (Phi) is 4.28. The lowest BCUT2D eigenvalue weighted by atomic mass is 9.85. The van der Waals surface area contributed by atoms with Crippen LogP contribution in [0.4, 0.5) is 0 Å². The molecular formula is C19H20N2O4S. The monoisotopic (exact) mass is 372 g/mol. The first-order valence-electron chi connectivity index (χ1n) is 8.71. The molecule has 1 saturated heterocycles. The SMILES string of the molecule is Cc1ccc(C(=O)N2CCC3(CC2)OCCc2cc(C(=O)O)sc23)cn1. The highest BCUT2D eigenvalue weighted by Crippen LogP contribution is 2.45. The number of nitrogens with zero attached hydrogens (tertiary/aromatic N) is 2. The quantitative estimate of drug-likeness (QED) is 0.877. The number of hydrogen-bond donors (Lipinski definition) is 1. The van der Waals surface area contributed by atoms with Gasteiger partial charge in [-0.15, -0.1) is 11.3 Å². The molecule has 136 valence electrons. The maximum atomic E-state index is 12.7. The Morgan fingerprint density at radius 2 is 2.08 bits per heavy atom. The second-order valence-corrected chi connectivity index (χ2v) is 7.90. The third-order valence-corrected chi connectivity index (χ3v) is 6.55. The number of hydrogen-bond acceptors (Lipinski definition) is 5. The molecule has 1 amide bonds. The summed E-state index contributed by atoms with van der Waals surface area (Å²) in [6.07, 6.45) is 3.74. The predicted molar refractivity (Wildman–Crippen MR) is 96.7 cm³/mol. The summed E-state index contributed by atoms with van der Waals surface area (Å²) in [5, 5.41) is 9.29. The number of carboxylic acid groups (broad SMARTS) is 1. The molecule has 1 spiro atoms. The third-order valence-electron chi connectivity index (χ3n) is 5.20. The number of fused-ring (bicyclic) bond motifs is 2. The Balaban J connectivity index is 1.53. The number of piperidine rings is 1. The molecule has 1 fully saturated rings. The normalized spacial score (nSPS) is 18.6. The van der Waals surface area contributed by atoms with Gasteiger partial charge in [0.1, 0.15) is 10.5 Å². The van der Waals surface area contributed by atoms with Crippen molar-refractivity contribution in [3.8, 4) is 0 Å². The van der Waals surface area contributed by atoms with Crippen molar-refractivity contribution in [1.29, 1.82) is 0 Å². The Hall–Kier alpha value is -2.25. The van der Waals surface area contributed by atoms with Crippen LogP contribution in [-0.4, -0.2) is 46.6 Å². The lowest BCUT2D eigenvalue weighted by molar-refractivity contribution is -0.0906. The average molecular weight is 372 g/mol. The van der Waals surface area contributed by atoms with Crippen molar-refractivity contribution in [1.82, 2.24) is 9.88 Å². The van der Waals surface area contributed by atoms with Crippen LogP contribution >= 0.6 is 11.3 Å². The van der Waals surface area contributed by atoms with Crippen LogP contribution in [0.25, 0.3) is 0 Å². The van der Waals surface area contributed by atoms with Gasteiger partial charge in [-0.3, -0.25) is 9.78 Å². The minimum atomic E-state index is -0.890. The van der Waals surface area contributed by atoms with Gasteiger partial charge in [0.05, 0.1) is 12.2 Å². The first kappa shape index (κ1) is 17.2. The van der Waals surface area contributed by atoms with E-state index in [9.17, 15) is 14.7 Å². The molecule has 4 rings (SSSR count). The number of rotatable bonds is 2. The second-order valence-electron chi connectivity index (χ2n) is 6.84. The lowest BCUT2D eigenvalue weighted by Gasteiger charge is -2.43. The fourth-order valence-electron chi connectivity index (χ4n) is 3.75. The van der Waals surface area contributed by atoms with Crippen molar-refractivity contribution in [2.75, 3.05) is 19.7 Å². The van der Waals surface area contributed by atoms with E-state index >= 15 is 0 Å². The molecule has 2 aliphatic heterocycles. The highest BCUT2D eigenvalue weighted by Gasteiger charge is 2.43. The first-order chi connectivity index (χ1) is 12.5. The molecule has 0 atom stereocenters. The molecule has 7 heteroatoms. The zero-order chi connectivity index (χ0) is 18.3. The van der Waals surface area contributed by atoms with Gasteiger partial charge in [0.15, 0.2) is 0 Å². The summed E-state index contributed by atoms with van der Waals surface area (Å²) < 4.78 is 6.14. The van der Waals surface area contributed by atoms with E-state index in [0.717, 1.165) is 22.6 Å². The van der Waals surface area contributed by atoms with E-state index in [1.165, 1.54) is 11.3 Å². The van der Waals surface area contributed by atoms with Crippen molar-refractivity contribution < 1.29 is 19.4 Å². The van der Waals surface area contributed by atoms with Gasteiger partial charge in [-0.1, -0.05) is 0 Å². The Morgan fingerprint density at radius 3 is 2.73 bits per heavy atom. The van der Waals surface area contributed by atoms with Gasteiger partial charge in [0, 0.05) is 29.9 Å². The number of ether oxygens (including phenoxy) is 1. The van der Waals surface area contributed by atoms with Crippen molar-refractivity contribution in [2.24, 2.45) is 0 Å². The van der Waals surface area contributed by atoms with Crippen LogP contribution in [0.3, 0.4) is 0 Å². The number of carbonyl (C=O) groups excluding carboxylic acids is 1. The van der Waals surface area contributed by atoms with E-state index in [-0.39, 0.29) is 5.91 Å². The molecule has 0 unspecified atom stereocenters. The number of aromatic carboxylic acids is 1. The molecule has 2 aliphatic rings. The van der Waals surface area contributed by atoms with Crippen LogP contribution in [-0.2, 0) is 16.8 Å². The Bertz CT molecular complexity index is 851. The lowest BCUT2D eigenvalue weighted by Crippen LogP contribution is -2.47. The van der Waals surface area contributed by atoms with Crippen molar-refractivity contribution in [3.63, 3.8) is 0 Å². The van der Waals surface area contributed by atoms with Crippen molar-refractivity contribution in [2.45, 2.75) is 31.8 Å². The number of carbonyl (C=O) groups is 2.